The number of benzene rings is 1. The largest absolute Gasteiger partial charge is 0.350 e. The number of hydrogen-bond donors (Lipinski definition) is 1. The topological polar surface area (TPSA) is 63.2 Å². The minimum absolute atomic E-state index is 0.0732. The van der Waals surface area contributed by atoms with Gasteiger partial charge in [0.25, 0.3) is 15.0 Å². The number of carbonyl (C=O) groups is 1. The first-order chi connectivity index (χ1) is 8.12. The Morgan fingerprint density at radius 2 is 1.94 bits per heavy atom. The molecule has 18 heavy (non-hydrogen) atoms. The van der Waals surface area contributed by atoms with Crippen molar-refractivity contribution in [1.29, 1.82) is 0 Å². The van der Waals surface area contributed by atoms with Crippen LogP contribution in [0.2, 0.25) is 5.02 Å². The van der Waals surface area contributed by atoms with Gasteiger partial charge in [0.15, 0.2) is 0 Å². The highest BCUT2D eigenvalue weighted by Gasteiger charge is 2.20. The molecule has 0 radical (unpaired) electrons. The van der Waals surface area contributed by atoms with Crippen LogP contribution in [-0.4, -0.2) is 20.4 Å². The van der Waals surface area contributed by atoms with Crippen LogP contribution < -0.4 is 5.32 Å². The fourth-order valence-electron chi connectivity index (χ4n) is 1.22. The second-order valence-corrected chi connectivity index (χ2v) is 7.57. The van der Waals surface area contributed by atoms with Crippen LogP contribution in [0.4, 0.5) is 0 Å². The molecule has 8 heteroatoms. The molecular weight excluding hydrogens is 365 g/mol. The predicted molar refractivity (Wildman–Crippen MR) is 74.8 cm³/mol. The minimum atomic E-state index is -3.98. The number of hydrogen-bond acceptors (Lipinski definition) is 3. The van der Waals surface area contributed by atoms with Gasteiger partial charge in [0.1, 0.15) is 0 Å². The van der Waals surface area contributed by atoms with Crippen molar-refractivity contribution in [2.45, 2.75) is 24.8 Å². The smallest absolute Gasteiger partial charge is 0.262 e. The summed E-state index contributed by atoms with van der Waals surface area (Å²) in [5.74, 6) is -0.416. The van der Waals surface area contributed by atoms with E-state index in [1.807, 2.05) is 0 Å². The van der Waals surface area contributed by atoms with E-state index in [4.69, 9.17) is 22.3 Å². The number of carbonyl (C=O) groups excluding carboxylic acids is 1. The normalized spacial score (nSPS) is 11.7. The van der Waals surface area contributed by atoms with Crippen molar-refractivity contribution in [1.82, 2.24) is 5.32 Å². The Morgan fingerprint density at radius 1 is 1.39 bits per heavy atom. The third-order valence-corrected chi connectivity index (χ3v) is 4.93. The van der Waals surface area contributed by atoms with Crippen molar-refractivity contribution in [2.75, 3.05) is 0 Å². The second kappa shape index (κ2) is 5.77. The third-order valence-electron chi connectivity index (χ3n) is 1.94. The van der Waals surface area contributed by atoms with E-state index in [0.717, 1.165) is 0 Å². The average Bonchev–Trinajstić information content (AvgIpc) is 2.18. The summed E-state index contributed by atoms with van der Waals surface area (Å²) in [5, 5.41) is 2.74. The van der Waals surface area contributed by atoms with E-state index in [-0.39, 0.29) is 26.0 Å². The highest BCUT2D eigenvalue weighted by molar-refractivity contribution is 9.10. The number of amides is 1. The first-order valence-corrected chi connectivity index (χ1v) is 8.35. The highest BCUT2D eigenvalue weighted by Crippen LogP contribution is 2.33. The van der Waals surface area contributed by atoms with Gasteiger partial charge < -0.3 is 5.32 Å². The van der Waals surface area contributed by atoms with Crippen molar-refractivity contribution in [3.8, 4) is 0 Å². The van der Waals surface area contributed by atoms with Crippen molar-refractivity contribution in [3.63, 3.8) is 0 Å². The molecule has 1 aromatic rings. The molecule has 0 saturated carbocycles. The Kier molecular flexibility index (Phi) is 5.05. The molecule has 4 nitrogen and oxygen atoms in total. The monoisotopic (exact) mass is 373 g/mol. The van der Waals surface area contributed by atoms with E-state index in [0.29, 0.717) is 0 Å². The lowest BCUT2D eigenvalue weighted by atomic mass is 10.2. The van der Waals surface area contributed by atoms with Crippen LogP contribution in [0, 0.1) is 0 Å². The van der Waals surface area contributed by atoms with Gasteiger partial charge in [-0.3, -0.25) is 4.79 Å². The average molecular weight is 375 g/mol. The van der Waals surface area contributed by atoms with Crippen molar-refractivity contribution in [3.05, 3.63) is 27.2 Å². The molecule has 0 heterocycles. The standard InChI is InChI=1S/C10H10BrCl2NO3S/c1-5(2)14-10(15)6-3-7(12)9(11)8(4-6)18(13,16)17/h3-5H,1-2H3,(H,14,15). The summed E-state index contributed by atoms with van der Waals surface area (Å²) in [7, 11) is 1.29. The van der Waals surface area contributed by atoms with Crippen molar-refractivity contribution >= 4 is 53.2 Å². The lowest BCUT2D eigenvalue weighted by Crippen LogP contribution is -2.30. The summed E-state index contributed by atoms with van der Waals surface area (Å²) in [6.07, 6.45) is 0. The number of rotatable bonds is 3. The maximum Gasteiger partial charge on any atom is 0.262 e. The maximum absolute atomic E-state index is 11.8. The van der Waals surface area contributed by atoms with Crippen LogP contribution in [0.15, 0.2) is 21.5 Å². The SMILES string of the molecule is CC(C)NC(=O)c1cc(Cl)c(Br)c(S(=O)(=O)Cl)c1. The number of halogens is 3. The fraction of sp³-hybridized carbons (Fsp3) is 0.300. The molecule has 0 saturated heterocycles. The highest BCUT2D eigenvalue weighted by atomic mass is 79.9. The van der Waals surface area contributed by atoms with Crippen LogP contribution in [0.5, 0.6) is 0 Å². The minimum Gasteiger partial charge on any atom is -0.350 e. The van der Waals surface area contributed by atoms with Gasteiger partial charge >= 0.3 is 0 Å². The summed E-state index contributed by atoms with van der Waals surface area (Å²) in [6, 6.07) is 2.47. The van der Waals surface area contributed by atoms with E-state index >= 15 is 0 Å². The van der Waals surface area contributed by atoms with E-state index in [1.54, 1.807) is 13.8 Å². The molecular formula is C10H10BrCl2NO3S. The Bertz CT molecular complexity index is 587. The predicted octanol–water partition coefficient (Wildman–Crippen LogP) is 3.17. The van der Waals surface area contributed by atoms with Gasteiger partial charge in [-0.05, 0) is 41.9 Å². The van der Waals surface area contributed by atoms with Gasteiger partial charge in [-0.2, -0.15) is 0 Å². The van der Waals surface area contributed by atoms with E-state index < -0.39 is 15.0 Å². The molecule has 0 atom stereocenters. The quantitative estimate of drug-likeness (QED) is 0.826. The molecule has 100 valence electrons. The summed E-state index contributed by atoms with van der Waals surface area (Å²) in [5.41, 5.74) is 0.135. The van der Waals surface area contributed by atoms with Crippen LogP contribution in [-0.2, 0) is 9.05 Å². The summed E-state index contributed by atoms with van der Waals surface area (Å²) in [4.78, 5) is 11.5. The van der Waals surface area contributed by atoms with Gasteiger partial charge in [0.05, 0.1) is 14.4 Å². The van der Waals surface area contributed by atoms with Crippen molar-refractivity contribution in [2.24, 2.45) is 0 Å². The first-order valence-electron chi connectivity index (χ1n) is 4.87. The molecule has 0 aliphatic carbocycles. The molecule has 0 bridgehead atoms. The van der Waals surface area contributed by atoms with Crippen LogP contribution in [0.1, 0.15) is 24.2 Å². The molecule has 1 rings (SSSR count). The Balaban J connectivity index is 3.34. The van der Waals surface area contributed by atoms with Gasteiger partial charge in [0, 0.05) is 22.3 Å². The molecule has 0 spiro atoms. The third kappa shape index (κ3) is 3.85. The Morgan fingerprint density at radius 3 is 2.39 bits per heavy atom. The van der Waals surface area contributed by atoms with Crippen LogP contribution >= 0.6 is 38.2 Å². The Hall–Kier alpha value is -0.300. The van der Waals surface area contributed by atoms with Gasteiger partial charge in [-0.15, -0.1) is 0 Å². The summed E-state index contributed by atoms with van der Waals surface area (Å²) in [6.45, 7) is 3.58. The molecule has 0 aromatic heterocycles. The van der Waals surface area contributed by atoms with Crippen LogP contribution in [0.3, 0.4) is 0 Å². The molecule has 0 aliphatic heterocycles. The molecule has 1 amide bonds. The van der Waals surface area contributed by atoms with Gasteiger partial charge in [-0.25, -0.2) is 8.42 Å². The zero-order valence-electron chi connectivity index (χ0n) is 9.50. The summed E-state index contributed by atoms with van der Waals surface area (Å²) < 4.78 is 22.8. The molecule has 1 aromatic carbocycles. The maximum atomic E-state index is 11.8. The fourth-order valence-corrected chi connectivity index (χ4v) is 3.60. The number of nitrogens with one attached hydrogen (secondary N) is 1. The summed E-state index contributed by atoms with van der Waals surface area (Å²) >= 11 is 8.88. The molecule has 0 unspecified atom stereocenters. The second-order valence-electron chi connectivity index (χ2n) is 3.84. The van der Waals surface area contributed by atoms with Gasteiger partial charge in [-0.1, -0.05) is 11.6 Å². The van der Waals surface area contributed by atoms with E-state index in [1.165, 1.54) is 12.1 Å². The lowest BCUT2D eigenvalue weighted by Gasteiger charge is -2.10. The Labute approximate surface area is 123 Å². The van der Waals surface area contributed by atoms with E-state index in [2.05, 4.69) is 21.2 Å². The molecule has 1 N–H and O–H groups in total. The lowest BCUT2D eigenvalue weighted by molar-refractivity contribution is 0.0943. The van der Waals surface area contributed by atoms with E-state index in [9.17, 15) is 13.2 Å². The van der Waals surface area contributed by atoms with Crippen LogP contribution in [0.25, 0.3) is 0 Å². The zero-order valence-corrected chi connectivity index (χ0v) is 13.4. The van der Waals surface area contributed by atoms with Crippen molar-refractivity contribution < 1.29 is 13.2 Å². The first kappa shape index (κ1) is 15.8. The van der Waals surface area contributed by atoms with Gasteiger partial charge in [0.2, 0.25) is 0 Å². The molecule has 0 fully saturated rings. The molecule has 0 aliphatic rings. The zero-order chi connectivity index (χ0) is 14.1.